The summed E-state index contributed by atoms with van der Waals surface area (Å²) < 4.78 is 25.2. The summed E-state index contributed by atoms with van der Waals surface area (Å²) in [6.07, 6.45) is 0.0626. The van der Waals surface area contributed by atoms with Crippen molar-refractivity contribution in [2.75, 3.05) is 20.1 Å². The zero-order valence-electron chi connectivity index (χ0n) is 10.7. The Kier molecular flexibility index (Phi) is 4.66. The Morgan fingerprint density at radius 2 is 2.28 bits per heavy atom. The first-order chi connectivity index (χ1) is 8.65. The molecular weight excluding hydrogens is 234 g/mol. The fourth-order valence-corrected chi connectivity index (χ4v) is 2.49. The average Bonchev–Trinajstić information content (AvgIpc) is 2.82. The Hall–Kier alpha value is -1.00. The second-order valence-corrected chi connectivity index (χ2v) is 5.04. The summed E-state index contributed by atoms with van der Waals surface area (Å²) in [5, 5.41) is 3.44. The molecule has 0 saturated carbocycles. The lowest BCUT2D eigenvalue weighted by Crippen LogP contribution is -2.34. The molecule has 2 rings (SSSR count). The van der Waals surface area contributed by atoms with E-state index in [0.29, 0.717) is 6.04 Å². The highest BCUT2D eigenvalue weighted by molar-refractivity contribution is 5.24. The summed E-state index contributed by atoms with van der Waals surface area (Å²) in [6.45, 7) is 2.79. The summed E-state index contributed by atoms with van der Waals surface area (Å²) >= 11 is 0. The van der Waals surface area contributed by atoms with Crippen LogP contribution >= 0.6 is 0 Å². The second kappa shape index (κ2) is 6.25. The van der Waals surface area contributed by atoms with Gasteiger partial charge < -0.3 is 10.2 Å². The summed E-state index contributed by atoms with van der Waals surface area (Å²) in [6, 6.07) is 7.24. The van der Waals surface area contributed by atoms with Crippen molar-refractivity contribution in [1.82, 2.24) is 10.2 Å². The third-order valence-electron chi connectivity index (χ3n) is 3.35. The van der Waals surface area contributed by atoms with Gasteiger partial charge in [-0.25, -0.2) is 8.78 Å². The predicted octanol–water partition coefficient (Wildman–Crippen LogP) is 2.81. The van der Waals surface area contributed by atoms with Crippen LogP contribution < -0.4 is 5.32 Å². The maximum atomic E-state index is 12.6. The fraction of sp³-hybridized carbons (Fsp3) is 0.571. The van der Waals surface area contributed by atoms with E-state index in [1.54, 1.807) is 12.1 Å². The Bertz CT molecular complexity index is 376. The van der Waals surface area contributed by atoms with E-state index < -0.39 is 6.43 Å². The number of rotatable bonds is 5. The van der Waals surface area contributed by atoms with E-state index in [1.165, 1.54) is 18.9 Å². The smallest absolute Gasteiger partial charge is 0.263 e. The largest absolute Gasteiger partial charge is 0.313 e. The van der Waals surface area contributed by atoms with Crippen LogP contribution in [-0.2, 0) is 6.54 Å². The van der Waals surface area contributed by atoms with Crippen LogP contribution in [0, 0.1) is 0 Å². The maximum absolute atomic E-state index is 12.6. The molecule has 1 aromatic rings. The normalized spacial score (nSPS) is 19.9. The van der Waals surface area contributed by atoms with Crippen molar-refractivity contribution in [3.8, 4) is 0 Å². The first-order valence-electron chi connectivity index (χ1n) is 6.44. The molecule has 0 aliphatic carbocycles. The lowest BCUT2D eigenvalue weighted by Gasteiger charge is -2.21. The molecule has 1 heterocycles. The molecule has 1 aromatic carbocycles. The minimum atomic E-state index is -2.38. The van der Waals surface area contributed by atoms with Crippen molar-refractivity contribution in [3.05, 3.63) is 35.4 Å². The molecule has 1 saturated heterocycles. The highest BCUT2D eigenvalue weighted by Gasteiger charge is 2.16. The third kappa shape index (κ3) is 3.75. The number of hydrogen-bond acceptors (Lipinski definition) is 2. The maximum Gasteiger partial charge on any atom is 0.263 e. The van der Waals surface area contributed by atoms with Gasteiger partial charge in [-0.3, -0.25) is 0 Å². The molecule has 0 amide bonds. The van der Waals surface area contributed by atoms with Gasteiger partial charge in [0.15, 0.2) is 0 Å². The van der Waals surface area contributed by atoms with E-state index in [0.717, 1.165) is 25.2 Å². The molecule has 4 heteroatoms. The van der Waals surface area contributed by atoms with Gasteiger partial charge in [0.05, 0.1) is 0 Å². The molecule has 1 aliphatic heterocycles. The predicted molar refractivity (Wildman–Crippen MR) is 68.8 cm³/mol. The molecule has 18 heavy (non-hydrogen) atoms. The monoisotopic (exact) mass is 254 g/mol. The fourth-order valence-electron chi connectivity index (χ4n) is 2.49. The summed E-state index contributed by atoms with van der Waals surface area (Å²) in [5.74, 6) is 0. The minimum Gasteiger partial charge on any atom is -0.313 e. The van der Waals surface area contributed by atoms with Crippen molar-refractivity contribution in [2.24, 2.45) is 0 Å². The van der Waals surface area contributed by atoms with Gasteiger partial charge in [0.2, 0.25) is 0 Å². The van der Waals surface area contributed by atoms with Gasteiger partial charge in [-0.15, -0.1) is 0 Å². The Labute approximate surface area is 107 Å². The van der Waals surface area contributed by atoms with Gasteiger partial charge in [0, 0.05) is 24.7 Å². The van der Waals surface area contributed by atoms with E-state index in [-0.39, 0.29) is 5.56 Å². The molecule has 1 aliphatic rings. The Balaban J connectivity index is 1.89. The summed E-state index contributed by atoms with van der Waals surface area (Å²) in [4.78, 5) is 2.19. The molecule has 1 fully saturated rings. The van der Waals surface area contributed by atoms with Crippen LogP contribution in [-0.4, -0.2) is 31.1 Å². The summed E-state index contributed by atoms with van der Waals surface area (Å²) in [5.41, 5.74) is 1.06. The molecular formula is C14H20F2N2. The number of nitrogens with one attached hydrogen (secondary N) is 1. The number of likely N-dealkylation sites (N-methyl/N-ethyl adjacent to an activating group) is 1. The first kappa shape index (κ1) is 13.4. The lowest BCUT2D eigenvalue weighted by molar-refractivity contribution is 0.151. The standard InChI is InChI=1S/C14H20F2N2/c1-18(10-13-6-3-7-17-13)9-11-4-2-5-12(8-11)14(15)16/h2,4-5,8,13-14,17H,3,6-7,9-10H2,1H3. The highest BCUT2D eigenvalue weighted by Crippen LogP contribution is 2.20. The van der Waals surface area contributed by atoms with Gasteiger partial charge in [0.25, 0.3) is 6.43 Å². The number of benzene rings is 1. The van der Waals surface area contributed by atoms with Crippen molar-refractivity contribution >= 4 is 0 Å². The number of nitrogens with zero attached hydrogens (tertiary/aromatic N) is 1. The van der Waals surface area contributed by atoms with Crippen molar-refractivity contribution < 1.29 is 8.78 Å². The molecule has 0 spiro atoms. The molecule has 2 nitrogen and oxygen atoms in total. The van der Waals surface area contributed by atoms with Crippen molar-refractivity contribution in [2.45, 2.75) is 31.9 Å². The molecule has 0 radical (unpaired) electrons. The van der Waals surface area contributed by atoms with Crippen LogP contribution in [0.1, 0.15) is 30.4 Å². The molecule has 0 aromatic heterocycles. The minimum absolute atomic E-state index is 0.111. The number of halogens is 2. The van der Waals surface area contributed by atoms with Crippen LogP contribution in [0.4, 0.5) is 8.78 Å². The van der Waals surface area contributed by atoms with Gasteiger partial charge >= 0.3 is 0 Å². The van der Waals surface area contributed by atoms with E-state index in [9.17, 15) is 8.78 Å². The molecule has 100 valence electrons. The van der Waals surface area contributed by atoms with Crippen LogP contribution in [0.5, 0.6) is 0 Å². The number of alkyl halides is 2. The second-order valence-electron chi connectivity index (χ2n) is 5.04. The van der Waals surface area contributed by atoms with E-state index >= 15 is 0 Å². The third-order valence-corrected chi connectivity index (χ3v) is 3.35. The first-order valence-corrected chi connectivity index (χ1v) is 6.44. The molecule has 1 N–H and O–H groups in total. The van der Waals surface area contributed by atoms with Crippen molar-refractivity contribution in [1.29, 1.82) is 0 Å². The van der Waals surface area contributed by atoms with Crippen LogP contribution in [0.25, 0.3) is 0 Å². The molecule has 1 unspecified atom stereocenters. The quantitative estimate of drug-likeness (QED) is 0.869. The van der Waals surface area contributed by atoms with E-state index in [2.05, 4.69) is 10.2 Å². The summed E-state index contributed by atoms with van der Waals surface area (Å²) in [7, 11) is 2.04. The highest BCUT2D eigenvalue weighted by atomic mass is 19.3. The van der Waals surface area contributed by atoms with Gasteiger partial charge in [0.1, 0.15) is 0 Å². The SMILES string of the molecule is CN(Cc1cccc(C(F)F)c1)CC1CCCN1. The van der Waals surface area contributed by atoms with Crippen molar-refractivity contribution in [3.63, 3.8) is 0 Å². The topological polar surface area (TPSA) is 15.3 Å². The zero-order valence-corrected chi connectivity index (χ0v) is 10.7. The van der Waals surface area contributed by atoms with Gasteiger partial charge in [-0.2, -0.15) is 0 Å². The average molecular weight is 254 g/mol. The van der Waals surface area contributed by atoms with E-state index in [1.807, 2.05) is 13.1 Å². The Morgan fingerprint density at radius 3 is 2.94 bits per heavy atom. The van der Waals surface area contributed by atoms with E-state index in [4.69, 9.17) is 0 Å². The van der Waals surface area contributed by atoms with Crippen LogP contribution in [0.2, 0.25) is 0 Å². The number of hydrogen-bond donors (Lipinski definition) is 1. The molecule has 1 atom stereocenters. The van der Waals surface area contributed by atoms with Crippen LogP contribution in [0.15, 0.2) is 24.3 Å². The Morgan fingerprint density at radius 1 is 1.44 bits per heavy atom. The van der Waals surface area contributed by atoms with Crippen LogP contribution in [0.3, 0.4) is 0 Å². The lowest BCUT2D eigenvalue weighted by atomic mass is 10.1. The van der Waals surface area contributed by atoms with Gasteiger partial charge in [-0.05, 0) is 38.1 Å². The zero-order chi connectivity index (χ0) is 13.0. The van der Waals surface area contributed by atoms with Gasteiger partial charge in [-0.1, -0.05) is 18.2 Å². The molecule has 0 bridgehead atoms.